The molecule has 1 saturated carbocycles. The van der Waals surface area contributed by atoms with Gasteiger partial charge in [-0.25, -0.2) is 0 Å². The van der Waals surface area contributed by atoms with E-state index in [1.54, 1.807) is 0 Å². The van der Waals surface area contributed by atoms with Gasteiger partial charge in [-0.05, 0) is 25.0 Å². The molecule has 2 amide bonds. The number of carbonyl (C=O) groups is 2. The van der Waals surface area contributed by atoms with E-state index in [0.717, 1.165) is 29.4 Å². The molecular weight excluding hydrogens is 314 g/mol. The van der Waals surface area contributed by atoms with Gasteiger partial charge in [-0.15, -0.1) is 0 Å². The average Bonchev–Trinajstić information content (AvgIpc) is 3.30. The van der Waals surface area contributed by atoms with Crippen LogP contribution in [0, 0.1) is 5.92 Å². The fourth-order valence-corrected chi connectivity index (χ4v) is 4.22. The van der Waals surface area contributed by atoms with E-state index in [9.17, 15) is 9.59 Å². The van der Waals surface area contributed by atoms with Gasteiger partial charge in [-0.3, -0.25) is 9.59 Å². The molecule has 4 rings (SSSR count). The summed E-state index contributed by atoms with van der Waals surface area (Å²) >= 11 is 0. The lowest BCUT2D eigenvalue weighted by Crippen LogP contribution is -2.52. The fourth-order valence-electron chi connectivity index (χ4n) is 4.22. The SMILES string of the molecule is Cn1c(C(=O)N2CCN(C(=O)C3CCCC3)CC2)cc2ccccc21. The Hall–Kier alpha value is -2.30. The third kappa shape index (κ3) is 2.92. The van der Waals surface area contributed by atoms with Crippen LogP contribution in [0.15, 0.2) is 30.3 Å². The number of amides is 2. The Balaban J connectivity index is 1.44. The molecule has 25 heavy (non-hydrogen) atoms. The van der Waals surface area contributed by atoms with Crippen molar-refractivity contribution in [2.24, 2.45) is 13.0 Å². The van der Waals surface area contributed by atoms with Crippen LogP contribution in [0.4, 0.5) is 0 Å². The predicted octanol–water partition coefficient (Wildman–Crippen LogP) is 2.65. The van der Waals surface area contributed by atoms with E-state index in [4.69, 9.17) is 0 Å². The van der Waals surface area contributed by atoms with E-state index >= 15 is 0 Å². The minimum Gasteiger partial charge on any atom is -0.340 e. The molecule has 1 aliphatic carbocycles. The molecule has 2 heterocycles. The highest BCUT2D eigenvalue weighted by atomic mass is 16.2. The number of benzene rings is 1. The fraction of sp³-hybridized carbons (Fsp3) is 0.500. The molecule has 2 aliphatic rings. The molecular formula is C20H25N3O2. The summed E-state index contributed by atoms with van der Waals surface area (Å²) < 4.78 is 1.97. The first-order valence-corrected chi connectivity index (χ1v) is 9.27. The number of hydrogen-bond donors (Lipinski definition) is 0. The smallest absolute Gasteiger partial charge is 0.270 e. The molecule has 0 bridgehead atoms. The summed E-state index contributed by atoms with van der Waals surface area (Å²) in [5.74, 6) is 0.585. The van der Waals surface area contributed by atoms with Crippen molar-refractivity contribution in [2.75, 3.05) is 26.2 Å². The molecule has 1 aromatic heterocycles. The minimum absolute atomic E-state index is 0.0617. The Bertz CT molecular complexity index is 796. The zero-order valence-electron chi connectivity index (χ0n) is 14.8. The molecule has 0 spiro atoms. The molecule has 2 aromatic rings. The molecule has 0 atom stereocenters. The van der Waals surface area contributed by atoms with E-state index in [1.807, 2.05) is 51.7 Å². The number of fused-ring (bicyclic) bond motifs is 1. The topological polar surface area (TPSA) is 45.6 Å². The van der Waals surface area contributed by atoms with Crippen molar-refractivity contribution < 1.29 is 9.59 Å². The highest BCUT2D eigenvalue weighted by Crippen LogP contribution is 2.27. The van der Waals surface area contributed by atoms with Crippen molar-refractivity contribution in [3.8, 4) is 0 Å². The maximum absolute atomic E-state index is 12.9. The number of hydrogen-bond acceptors (Lipinski definition) is 2. The van der Waals surface area contributed by atoms with Gasteiger partial charge in [0.15, 0.2) is 0 Å². The van der Waals surface area contributed by atoms with Crippen LogP contribution in [0.3, 0.4) is 0 Å². The molecule has 2 fully saturated rings. The van der Waals surface area contributed by atoms with Gasteiger partial charge in [0, 0.05) is 50.0 Å². The van der Waals surface area contributed by atoms with Gasteiger partial charge in [0.05, 0.1) is 0 Å². The summed E-state index contributed by atoms with van der Waals surface area (Å²) in [7, 11) is 1.94. The van der Waals surface area contributed by atoms with Crippen LogP contribution >= 0.6 is 0 Å². The third-order valence-electron chi connectivity index (χ3n) is 5.75. The normalized spacial score (nSPS) is 18.9. The van der Waals surface area contributed by atoms with Gasteiger partial charge in [0.2, 0.25) is 5.91 Å². The van der Waals surface area contributed by atoms with E-state index in [2.05, 4.69) is 0 Å². The van der Waals surface area contributed by atoms with Crippen LogP contribution in [0.2, 0.25) is 0 Å². The summed E-state index contributed by atoms with van der Waals surface area (Å²) in [5, 5.41) is 1.09. The quantitative estimate of drug-likeness (QED) is 0.844. The van der Waals surface area contributed by atoms with E-state index in [-0.39, 0.29) is 11.8 Å². The monoisotopic (exact) mass is 339 g/mol. The predicted molar refractivity (Wildman–Crippen MR) is 97.4 cm³/mol. The molecule has 1 aromatic carbocycles. The number of aryl methyl sites for hydroxylation is 1. The van der Waals surface area contributed by atoms with Crippen LogP contribution in [-0.2, 0) is 11.8 Å². The number of aromatic nitrogens is 1. The first-order chi connectivity index (χ1) is 12.1. The number of piperazine rings is 1. The third-order valence-corrected chi connectivity index (χ3v) is 5.75. The molecule has 5 nitrogen and oxygen atoms in total. The average molecular weight is 339 g/mol. The second-order valence-corrected chi connectivity index (χ2v) is 7.25. The Morgan fingerprint density at radius 1 is 0.960 bits per heavy atom. The lowest BCUT2D eigenvalue weighted by Gasteiger charge is -2.36. The van der Waals surface area contributed by atoms with Crippen LogP contribution in [0.1, 0.15) is 36.2 Å². The van der Waals surface area contributed by atoms with E-state index in [0.29, 0.717) is 32.1 Å². The van der Waals surface area contributed by atoms with Crippen molar-refractivity contribution >= 4 is 22.7 Å². The lowest BCUT2D eigenvalue weighted by atomic mass is 10.1. The van der Waals surface area contributed by atoms with Crippen molar-refractivity contribution in [1.29, 1.82) is 0 Å². The molecule has 132 valence electrons. The highest BCUT2D eigenvalue weighted by Gasteiger charge is 2.31. The lowest BCUT2D eigenvalue weighted by molar-refractivity contribution is -0.136. The van der Waals surface area contributed by atoms with Gasteiger partial charge in [-0.2, -0.15) is 0 Å². The summed E-state index contributed by atoms with van der Waals surface area (Å²) in [6, 6.07) is 10.0. The van der Waals surface area contributed by atoms with Gasteiger partial charge in [-0.1, -0.05) is 31.0 Å². The van der Waals surface area contributed by atoms with Crippen LogP contribution in [0.25, 0.3) is 10.9 Å². The number of nitrogens with zero attached hydrogens (tertiary/aromatic N) is 3. The zero-order chi connectivity index (χ0) is 17.4. The molecule has 1 aliphatic heterocycles. The van der Waals surface area contributed by atoms with Crippen molar-refractivity contribution in [1.82, 2.24) is 14.4 Å². The van der Waals surface area contributed by atoms with Gasteiger partial charge < -0.3 is 14.4 Å². The summed E-state index contributed by atoms with van der Waals surface area (Å²) in [4.78, 5) is 29.3. The number of para-hydroxylation sites is 1. The van der Waals surface area contributed by atoms with Crippen molar-refractivity contribution in [3.63, 3.8) is 0 Å². The van der Waals surface area contributed by atoms with Gasteiger partial charge in [0.25, 0.3) is 5.91 Å². The van der Waals surface area contributed by atoms with Crippen LogP contribution in [0.5, 0.6) is 0 Å². The van der Waals surface area contributed by atoms with E-state index < -0.39 is 0 Å². The summed E-state index contributed by atoms with van der Waals surface area (Å²) in [6.45, 7) is 2.56. The molecule has 0 N–H and O–H groups in total. The van der Waals surface area contributed by atoms with Gasteiger partial charge >= 0.3 is 0 Å². The highest BCUT2D eigenvalue weighted by molar-refractivity contribution is 5.98. The Morgan fingerprint density at radius 2 is 1.60 bits per heavy atom. The summed E-state index contributed by atoms with van der Waals surface area (Å²) in [6.07, 6.45) is 4.42. The Kier molecular flexibility index (Phi) is 4.24. The minimum atomic E-state index is 0.0617. The molecule has 5 heteroatoms. The molecule has 1 saturated heterocycles. The number of rotatable bonds is 2. The maximum Gasteiger partial charge on any atom is 0.270 e. The molecule has 0 radical (unpaired) electrons. The van der Waals surface area contributed by atoms with E-state index in [1.165, 1.54) is 12.8 Å². The maximum atomic E-state index is 12.9. The zero-order valence-corrected chi connectivity index (χ0v) is 14.8. The van der Waals surface area contributed by atoms with Gasteiger partial charge in [0.1, 0.15) is 5.69 Å². The van der Waals surface area contributed by atoms with Crippen LogP contribution in [-0.4, -0.2) is 52.4 Å². The standard InChI is InChI=1S/C20H25N3O2/c1-21-17-9-5-4-8-16(17)14-18(21)20(25)23-12-10-22(11-13-23)19(24)15-6-2-3-7-15/h4-5,8-9,14-15H,2-3,6-7,10-13H2,1H3. The summed E-state index contributed by atoms with van der Waals surface area (Å²) in [5.41, 5.74) is 1.79. The van der Waals surface area contributed by atoms with Crippen molar-refractivity contribution in [3.05, 3.63) is 36.0 Å². The Labute approximate surface area is 148 Å². The Morgan fingerprint density at radius 3 is 2.28 bits per heavy atom. The van der Waals surface area contributed by atoms with Crippen LogP contribution < -0.4 is 0 Å². The first-order valence-electron chi connectivity index (χ1n) is 9.27. The van der Waals surface area contributed by atoms with Crippen molar-refractivity contribution in [2.45, 2.75) is 25.7 Å². The molecule has 0 unspecified atom stereocenters. The number of carbonyl (C=O) groups excluding carboxylic acids is 2. The second-order valence-electron chi connectivity index (χ2n) is 7.25. The largest absolute Gasteiger partial charge is 0.340 e. The first kappa shape index (κ1) is 16.2. The second kappa shape index (κ2) is 6.54.